The summed E-state index contributed by atoms with van der Waals surface area (Å²) in [5.74, 6) is -5.72. The van der Waals surface area contributed by atoms with Gasteiger partial charge in [-0.3, -0.25) is 9.78 Å². The van der Waals surface area contributed by atoms with Gasteiger partial charge in [0, 0.05) is 32.0 Å². The van der Waals surface area contributed by atoms with Crippen LogP contribution in [0.5, 0.6) is 0 Å². The molecule has 6 nitrogen and oxygen atoms in total. The highest BCUT2D eigenvalue weighted by molar-refractivity contribution is 7.88. The van der Waals surface area contributed by atoms with Crippen molar-refractivity contribution in [1.29, 1.82) is 0 Å². The second-order valence-corrected chi connectivity index (χ2v) is 7.42. The zero-order valence-electron chi connectivity index (χ0n) is 13.7. The van der Waals surface area contributed by atoms with E-state index >= 15 is 0 Å². The minimum absolute atomic E-state index is 0.0437. The molecule has 0 saturated heterocycles. The number of halogens is 3. The van der Waals surface area contributed by atoms with Gasteiger partial charge in [-0.15, -0.1) is 0 Å². The van der Waals surface area contributed by atoms with E-state index in [1.54, 1.807) is 18.3 Å². The molecule has 1 aromatic heterocycles. The summed E-state index contributed by atoms with van der Waals surface area (Å²) in [6, 6.07) is 4.80. The first-order valence-electron chi connectivity index (χ1n) is 7.46. The number of nitrogens with zero attached hydrogens (tertiary/aromatic N) is 2. The van der Waals surface area contributed by atoms with Crippen molar-refractivity contribution < 1.29 is 26.4 Å². The largest absolute Gasteiger partial charge is 0.351 e. The van der Waals surface area contributed by atoms with E-state index in [1.165, 1.54) is 6.20 Å². The first-order chi connectivity index (χ1) is 12.2. The molecule has 0 atom stereocenters. The molecule has 1 aromatic carbocycles. The fourth-order valence-electron chi connectivity index (χ4n) is 2.15. The predicted molar refractivity (Wildman–Crippen MR) is 88.1 cm³/mol. The van der Waals surface area contributed by atoms with Crippen LogP contribution < -0.4 is 5.32 Å². The third-order valence-electron chi connectivity index (χ3n) is 3.48. The molecule has 0 aliphatic rings. The fraction of sp³-hybridized carbons (Fsp3) is 0.250. The lowest BCUT2D eigenvalue weighted by molar-refractivity contribution is 0.0946. The summed E-state index contributed by atoms with van der Waals surface area (Å²) in [5.41, 5.74) is -0.0158. The lowest BCUT2D eigenvalue weighted by Gasteiger charge is -2.20. The molecular formula is C16H16F3N3O3S. The van der Waals surface area contributed by atoms with E-state index in [0.29, 0.717) is 11.6 Å². The van der Waals surface area contributed by atoms with Crippen molar-refractivity contribution in [2.75, 3.05) is 19.3 Å². The zero-order chi connectivity index (χ0) is 19.3. The molecule has 140 valence electrons. The molecule has 1 N–H and O–H groups in total. The van der Waals surface area contributed by atoms with E-state index in [4.69, 9.17) is 0 Å². The number of carbonyl (C=O) groups is 1. The van der Waals surface area contributed by atoms with E-state index in [0.717, 1.165) is 16.6 Å². The second-order valence-electron chi connectivity index (χ2n) is 5.44. The number of rotatable bonds is 7. The number of nitrogens with one attached hydrogen (secondary N) is 1. The molecule has 0 bridgehead atoms. The zero-order valence-corrected chi connectivity index (χ0v) is 14.6. The van der Waals surface area contributed by atoms with Crippen LogP contribution in [0.25, 0.3) is 0 Å². The SMILES string of the molecule is CS(=O)(=O)N(CCNC(=O)c1ccc(F)c(F)c1F)Cc1cccnc1. The Kier molecular flexibility index (Phi) is 6.32. The fourth-order valence-corrected chi connectivity index (χ4v) is 2.95. The van der Waals surface area contributed by atoms with Crippen LogP contribution >= 0.6 is 0 Å². The van der Waals surface area contributed by atoms with Crippen LogP contribution in [-0.4, -0.2) is 43.0 Å². The first kappa shape index (κ1) is 19.9. The monoisotopic (exact) mass is 387 g/mol. The molecule has 0 unspecified atom stereocenters. The van der Waals surface area contributed by atoms with E-state index in [-0.39, 0.29) is 19.6 Å². The molecule has 10 heteroatoms. The van der Waals surface area contributed by atoms with Crippen molar-refractivity contribution in [2.45, 2.75) is 6.54 Å². The number of amides is 1. The van der Waals surface area contributed by atoms with Crippen molar-refractivity contribution >= 4 is 15.9 Å². The Morgan fingerprint density at radius 2 is 1.92 bits per heavy atom. The van der Waals surface area contributed by atoms with Gasteiger partial charge in [-0.25, -0.2) is 21.6 Å². The lowest BCUT2D eigenvalue weighted by atomic mass is 10.2. The van der Waals surface area contributed by atoms with E-state index < -0.39 is 38.9 Å². The second kappa shape index (κ2) is 8.28. The van der Waals surface area contributed by atoms with Gasteiger partial charge in [0.2, 0.25) is 10.0 Å². The molecular weight excluding hydrogens is 371 g/mol. The predicted octanol–water partition coefficient (Wildman–Crippen LogP) is 1.69. The average Bonchev–Trinajstić information content (AvgIpc) is 2.59. The van der Waals surface area contributed by atoms with Gasteiger partial charge in [-0.1, -0.05) is 6.07 Å². The van der Waals surface area contributed by atoms with Gasteiger partial charge in [0.05, 0.1) is 11.8 Å². The Balaban J connectivity index is 2.01. The molecule has 0 aliphatic heterocycles. The Morgan fingerprint density at radius 1 is 1.19 bits per heavy atom. The van der Waals surface area contributed by atoms with Crippen LogP contribution in [-0.2, 0) is 16.6 Å². The maximum Gasteiger partial charge on any atom is 0.254 e. The summed E-state index contributed by atoms with van der Waals surface area (Å²) in [5, 5.41) is 2.29. The molecule has 0 spiro atoms. The molecule has 0 saturated carbocycles. The minimum Gasteiger partial charge on any atom is -0.351 e. The topological polar surface area (TPSA) is 79.4 Å². The van der Waals surface area contributed by atoms with Gasteiger partial charge in [0.1, 0.15) is 0 Å². The Labute approximate surface area is 148 Å². The highest BCUT2D eigenvalue weighted by atomic mass is 32.2. The maximum absolute atomic E-state index is 13.6. The van der Waals surface area contributed by atoms with Gasteiger partial charge in [0.25, 0.3) is 5.91 Å². The Hall–Kier alpha value is -2.46. The van der Waals surface area contributed by atoms with Crippen molar-refractivity contribution in [2.24, 2.45) is 0 Å². The quantitative estimate of drug-likeness (QED) is 0.734. The normalized spacial score (nSPS) is 11.6. The molecule has 0 radical (unpaired) electrons. The van der Waals surface area contributed by atoms with Gasteiger partial charge in [0.15, 0.2) is 17.5 Å². The van der Waals surface area contributed by atoms with Crippen LogP contribution in [0.2, 0.25) is 0 Å². The van der Waals surface area contributed by atoms with Crippen LogP contribution in [0.15, 0.2) is 36.7 Å². The molecule has 1 amide bonds. The third kappa shape index (κ3) is 5.02. The summed E-state index contributed by atoms with van der Waals surface area (Å²) in [7, 11) is -3.58. The summed E-state index contributed by atoms with van der Waals surface area (Å²) in [4.78, 5) is 15.8. The van der Waals surface area contributed by atoms with Crippen molar-refractivity contribution in [1.82, 2.24) is 14.6 Å². The molecule has 1 heterocycles. The summed E-state index contributed by atoms with van der Waals surface area (Å²) >= 11 is 0. The van der Waals surface area contributed by atoms with Gasteiger partial charge >= 0.3 is 0 Å². The average molecular weight is 387 g/mol. The van der Waals surface area contributed by atoms with E-state index in [9.17, 15) is 26.4 Å². The van der Waals surface area contributed by atoms with Crippen LogP contribution in [0.1, 0.15) is 15.9 Å². The summed E-state index contributed by atoms with van der Waals surface area (Å²) < 4.78 is 64.5. The van der Waals surface area contributed by atoms with E-state index in [2.05, 4.69) is 10.3 Å². The van der Waals surface area contributed by atoms with Crippen LogP contribution in [0.4, 0.5) is 13.2 Å². The summed E-state index contributed by atoms with van der Waals surface area (Å²) in [6.45, 7) is -0.197. The summed E-state index contributed by atoms with van der Waals surface area (Å²) in [6.07, 6.45) is 4.07. The molecule has 26 heavy (non-hydrogen) atoms. The maximum atomic E-state index is 13.6. The van der Waals surface area contributed by atoms with Crippen molar-refractivity contribution in [3.05, 3.63) is 65.2 Å². The van der Waals surface area contributed by atoms with Gasteiger partial charge in [-0.05, 0) is 23.8 Å². The molecule has 0 fully saturated rings. The van der Waals surface area contributed by atoms with Crippen molar-refractivity contribution in [3.8, 4) is 0 Å². The lowest BCUT2D eigenvalue weighted by Crippen LogP contribution is -2.38. The van der Waals surface area contributed by atoms with Crippen LogP contribution in [0, 0.1) is 17.5 Å². The highest BCUT2D eigenvalue weighted by Crippen LogP contribution is 2.15. The molecule has 2 aromatic rings. The van der Waals surface area contributed by atoms with E-state index in [1.807, 2.05) is 0 Å². The number of hydrogen-bond donors (Lipinski definition) is 1. The number of sulfonamides is 1. The Bertz CT molecular complexity index is 892. The van der Waals surface area contributed by atoms with Gasteiger partial charge in [-0.2, -0.15) is 4.31 Å². The number of benzene rings is 1. The van der Waals surface area contributed by atoms with Gasteiger partial charge < -0.3 is 5.32 Å². The number of pyridine rings is 1. The first-order valence-corrected chi connectivity index (χ1v) is 9.30. The number of hydrogen-bond acceptors (Lipinski definition) is 4. The van der Waals surface area contributed by atoms with Crippen LogP contribution in [0.3, 0.4) is 0 Å². The standard InChI is InChI=1S/C16H16F3N3O3S/c1-26(24,25)22(10-11-3-2-6-20-9-11)8-7-21-16(23)12-4-5-13(17)15(19)14(12)18/h2-6,9H,7-8,10H2,1H3,(H,21,23). The Morgan fingerprint density at radius 3 is 2.54 bits per heavy atom. The minimum atomic E-state index is -3.58. The number of carbonyl (C=O) groups excluding carboxylic acids is 1. The smallest absolute Gasteiger partial charge is 0.254 e. The van der Waals surface area contributed by atoms with Crippen molar-refractivity contribution in [3.63, 3.8) is 0 Å². The molecule has 0 aliphatic carbocycles. The number of aromatic nitrogens is 1. The third-order valence-corrected chi connectivity index (χ3v) is 4.73. The highest BCUT2D eigenvalue weighted by Gasteiger charge is 2.20. The molecule has 2 rings (SSSR count).